The molecule has 0 fully saturated rings. The summed E-state index contributed by atoms with van der Waals surface area (Å²) in [7, 11) is -23.8. The molecule has 208 valence electrons. The molecule has 39 heavy (non-hydrogen) atoms. The molecule has 0 aromatic heterocycles. The molecule has 0 bridgehead atoms. The first-order chi connectivity index (χ1) is 13.9. The minimum Gasteiger partial charge on any atom is -1.00 e. The zero-order chi connectivity index (χ0) is 25.6. The maximum absolute atomic E-state index is 11.4. The summed E-state index contributed by atoms with van der Waals surface area (Å²) in [4.78, 5) is 93.2. The van der Waals surface area contributed by atoms with Gasteiger partial charge in [-0.3, -0.25) is 37.5 Å². The van der Waals surface area contributed by atoms with Gasteiger partial charge in [-0.2, -0.15) is 0 Å². The van der Waals surface area contributed by atoms with Gasteiger partial charge in [-0.05, 0) is 0 Å². The molecule has 0 aliphatic rings. The van der Waals surface area contributed by atoms with Crippen LogP contribution in [0.5, 0.6) is 0 Å². The van der Waals surface area contributed by atoms with E-state index >= 15 is 0 Å². The minimum atomic E-state index is -4.76. The van der Waals surface area contributed by atoms with Crippen molar-refractivity contribution >= 4 is 38.0 Å². The van der Waals surface area contributed by atoms with Crippen molar-refractivity contribution in [1.29, 1.82) is 0 Å². The quantitative estimate of drug-likeness (QED) is 0.0519. The Balaban J connectivity index is -0.0000000528. The predicted octanol–water partition coefficient (Wildman–Crippen LogP) is -22.6. The second-order valence-corrected chi connectivity index (χ2v) is 15.0. The summed E-state index contributed by atoms with van der Waals surface area (Å²) < 4.78 is 56.1. The second-order valence-electron chi connectivity index (χ2n) is 6.94. The topological polar surface area (TPSA) is 297 Å². The van der Waals surface area contributed by atoms with Crippen LogP contribution >= 0.6 is 38.0 Å². The molecule has 0 amide bonds. The Bertz CT molecular complexity index is 775. The molecule has 0 aromatic carbocycles. The van der Waals surface area contributed by atoms with Crippen LogP contribution in [0.1, 0.15) is 9.99 Å². The van der Waals surface area contributed by atoms with Gasteiger partial charge in [-0.15, -0.1) is 0 Å². The Labute approximate surface area is 391 Å². The van der Waals surface area contributed by atoms with Crippen molar-refractivity contribution in [3.63, 3.8) is 0 Å². The summed E-state index contributed by atoms with van der Waals surface area (Å²) in [5, 5.41) is 0. The third-order valence-corrected chi connectivity index (χ3v) is 7.23. The van der Waals surface area contributed by atoms with Crippen LogP contribution in [0.15, 0.2) is 0 Å². The summed E-state index contributed by atoms with van der Waals surface area (Å²) in [5.74, 6) is 0. The smallest absolute Gasteiger partial charge is 1.00 e. The third-order valence-electron chi connectivity index (χ3n) is 3.39. The van der Waals surface area contributed by atoms with Crippen LogP contribution in [-0.2, 0) is 22.8 Å². The molecule has 0 aromatic rings. The fourth-order valence-corrected chi connectivity index (χ4v) is 6.66. The Morgan fingerprint density at radius 3 is 0.615 bits per heavy atom. The monoisotopic (exact) mass is 741 g/mol. The van der Waals surface area contributed by atoms with Crippen molar-refractivity contribution in [3.05, 3.63) is 0 Å². The Hall–Kier alpha value is 7.63. The van der Waals surface area contributed by atoms with Gasteiger partial charge in [0.05, 0.1) is 0 Å². The third kappa shape index (κ3) is 47.8. The Morgan fingerprint density at radius 2 is 0.462 bits per heavy atom. The van der Waals surface area contributed by atoms with Crippen LogP contribution in [0.3, 0.4) is 0 Å². The molecular weight excluding hydrogens is 706 g/mol. The summed E-state index contributed by atoms with van der Waals surface area (Å²) in [6.45, 7) is -1.78. The molecule has 0 unspecified atom stereocenters. The van der Waals surface area contributed by atoms with Crippen LogP contribution in [0.4, 0.5) is 0 Å². The Kier molecular flexibility index (Phi) is 49.0. The van der Waals surface area contributed by atoms with Gasteiger partial charge in [0.25, 0.3) is 0 Å². The molecule has 0 radical (unpaired) electrons. The van der Waals surface area contributed by atoms with E-state index in [0.717, 1.165) is 4.90 Å². The summed E-state index contributed by atoms with van der Waals surface area (Å²) in [6, 6.07) is 0. The van der Waals surface area contributed by atoms with Gasteiger partial charge >= 0.3 is 245 Å². The molecule has 10 N–H and O–H groups in total. The molecular formula is C9H35N3Na7O15P5. The first-order valence-corrected chi connectivity index (χ1v) is 17.3. The molecule has 30 heteroatoms. The summed E-state index contributed by atoms with van der Waals surface area (Å²) in [6.07, 6.45) is -5.21. The molecule has 0 rings (SSSR count). The summed E-state index contributed by atoms with van der Waals surface area (Å²) in [5.41, 5.74) is 0. The molecule has 0 aliphatic heterocycles. The van der Waals surface area contributed by atoms with E-state index in [1.807, 2.05) is 0 Å². The van der Waals surface area contributed by atoms with Crippen molar-refractivity contribution in [2.45, 2.75) is 0 Å². The van der Waals surface area contributed by atoms with Crippen LogP contribution in [0.2, 0.25) is 0 Å². The Morgan fingerprint density at radius 1 is 0.333 bits per heavy atom. The predicted molar refractivity (Wildman–Crippen MR) is 117 cm³/mol. The van der Waals surface area contributed by atoms with Gasteiger partial charge < -0.3 is 58.9 Å². The van der Waals surface area contributed by atoms with E-state index in [0.29, 0.717) is 9.80 Å². The molecule has 0 heterocycles. The summed E-state index contributed by atoms with van der Waals surface area (Å²) >= 11 is 0. The minimum absolute atomic E-state index is 0. The van der Waals surface area contributed by atoms with Crippen molar-refractivity contribution in [2.24, 2.45) is 0 Å². The standard InChI is InChI=1S/C9H28N3O15P5.7Na.7H/c13-28(14,15)5-10(1-3-11(6-29(16,17)18)7-30(19,20)21)2-4-12(8-31(22,23)24)9-32(25,26)27;;;;;;;;;;;;;;/h1-9H2,(H2,13,14,15)(H2,16,17,18)(H2,19,20,21)(H2,22,23,24)(H2,25,26,27);;;;;;;;;;;;;;/q;7*+1;7*-1. The van der Waals surface area contributed by atoms with E-state index in [1.54, 1.807) is 0 Å². The van der Waals surface area contributed by atoms with E-state index in [2.05, 4.69) is 0 Å². The second kappa shape index (κ2) is 29.4. The average molecular weight is 741 g/mol. The first kappa shape index (κ1) is 65.1. The number of nitrogens with zero attached hydrogens (tertiary/aromatic N) is 3. The van der Waals surface area contributed by atoms with Crippen molar-refractivity contribution in [3.8, 4) is 0 Å². The fourth-order valence-electron chi connectivity index (χ4n) is 2.49. The molecule has 18 nitrogen and oxygen atoms in total. The van der Waals surface area contributed by atoms with Crippen LogP contribution in [0, 0.1) is 0 Å². The molecule has 0 aliphatic carbocycles. The van der Waals surface area contributed by atoms with Gasteiger partial charge in [0.1, 0.15) is 31.4 Å². The van der Waals surface area contributed by atoms with E-state index in [-0.39, 0.29) is 217 Å². The van der Waals surface area contributed by atoms with Crippen molar-refractivity contribution in [1.82, 2.24) is 14.7 Å². The number of hydrogen-bond donors (Lipinski definition) is 10. The maximum atomic E-state index is 11.4. The molecule has 0 spiro atoms. The number of hydrogen-bond acceptors (Lipinski definition) is 8. The van der Waals surface area contributed by atoms with Crippen molar-refractivity contribution < 1.29 is 289 Å². The van der Waals surface area contributed by atoms with Crippen molar-refractivity contribution in [2.75, 3.05) is 57.6 Å². The zero-order valence-electron chi connectivity index (χ0n) is 30.5. The van der Waals surface area contributed by atoms with E-state index in [9.17, 15) is 32.6 Å². The van der Waals surface area contributed by atoms with Gasteiger partial charge in [0.2, 0.25) is 0 Å². The SMILES string of the molecule is O=P(O)(O)CN(CCN(CP(=O)(O)O)CP(=O)(O)O)CCN(CP(=O)(O)O)CP(=O)(O)O.[H-].[H-].[H-].[H-].[H-].[H-].[H-].[Na+].[Na+].[Na+].[Na+].[Na+].[Na+].[Na+]. The molecule has 0 saturated carbocycles. The zero-order valence-corrected chi connectivity index (χ0v) is 41.9. The van der Waals surface area contributed by atoms with E-state index in [1.165, 1.54) is 0 Å². The van der Waals surface area contributed by atoms with E-state index < -0.39 is 95.6 Å². The van der Waals surface area contributed by atoms with Gasteiger partial charge in [-0.1, -0.05) is 0 Å². The van der Waals surface area contributed by atoms with Gasteiger partial charge in [0, 0.05) is 26.2 Å². The molecule has 0 saturated heterocycles. The average Bonchev–Trinajstić information content (AvgIpc) is 2.41. The van der Waals surface area contributed by atoms with Gasteiger partial charge in [0.15, 0.2) is 0 Å². The largest absolute Gasteiger partial charge is 1.00 e. The number of rotatable bonds is 16. The van der Waals surface area contributed by atoms with Gasteiger partial charge in [-0.25, -0.2) is 0 Å². The fraction of sp³-hybridized carbons (Fsp3) is 1.00. The normalized spacial score (nSPS) is 12.0. The van der Waals surface area contributed by atoms with Crippen LogP contribution < -0.4 is 207 Å². The van der Waals surface area contributed by atoms with Crippen LogP contribution in [0.25, 0.3) is 0 Å². The molecule has 0 atom stereocenters. The maximum Gasteiger partial charge on any atom is 1.00 e. The first-order valence-electron chi connectivity index (χ1n) is 8.34. The van der Waals surface area contributed by atoms with E-state index in [4.69, 9.17) is 39.1 Å². The van der Waals surface area contributed by atoms with Crippen LogP contribution in [-0.4, -0.2) is 121 Å².